The van der Waals surface area contributed by atoms with Gasteiger partial charge in [0, 0.05) is 0 Å². The van der Waals surface area contributed by atoms with Crippen molar-refractivity contribution in [1.82, 2.24) is 0 Å². The summed E-state index contributed by atoms with van der Waals surface area (Å²) in [5.74, 6) is 0. The quantitative estimate of drug-likeness (QED) is 0.358. The molecule has 0 saturated carbocycles. The minimum Gasteiger partial charge on any atom is -1.00 e. The van der Waals surface area contributed by atoms with Crippen molar-refractivity contribution < 1.29 is 63.4 Å². The Labute approximate surface area is 135 Å². The van der Waals surface area contributed by atoms with Gasteiger partial charge in [0.2, 0.25) is 0 Å². The fourth-order valence-electron chi connectivity index (χ4n) is 1.16. The Morgan fingerprint density at radius 2 is 1.93 bits per heavy atom. The third kappa shape index (κ3) is 4.35. The van der Waals surface area contributed by atoms with Gasteiger partial charge in [0.1, 0.15) is 0 Å². The van der Waals surface area contributed by atoms with Crippen LogP contribution in [0.2, 0.25) is 0 Å². The van der Waals surface area contributed by atoms with E-state index in [4.69, 9.17) is 0 Å². The van der Waals surface area contributed by atoms with E-state index in [0.29, 0.717) is 5.25 Å². The number of halogens is 4. The molecule has 0 aromatic heterocycles. The molecule has 0 aromatic rings. The largest absolute Gasteiger partial charge is 4.00 e. The van der Waals surface area contributed by atoms with Crippen LogP contribution >= 0.6 is 27.7 Å². The first-order valence-electron chi connectivity index (χ1n) is 3.12. The number of hydrogen-bond donors (Lipinski definition) is 0. The van der Waals surface area contributed by atoms with E-state index in [1.165, 1.54) is 11.1 Å². The Morgan fingerprint density at radius 1 is 1.36 bits per heavy atom. The molecule has 0 fully saturated rings. The van der Waals surface area contributed by atoms with Crippen LogP contribution in [0.3, 0.4) is 0 Å². The molecule has 1 heterocycles. The number of hydrogen-bond acceptors (Lipinski definition) is 1. The minimum absolute atomic E-state index is 0. The molecule has 0 amide bonds. The van der Waals surface area contributed by atoms with E-state index in [0.717, 1.165) is 4.48 Å². The smallest absolute Gasteiger partial charge is 1.00 e. The van der Waals surface area contributed by atoms with E-state index in [-0.39, 0.29) is 63.4 Å². The molecule has 0 bridgehead atoms. The molecular formula is C8H6BrCl3SZr. The predicted octanol–water partition coefficient (Wildman–Crippen LogP) is -5.96. The Morgan fingerprint density at radius 3 is 2.43 bits per heavy atom. The van der Waals surface area contributed by atoms with Gasteiger partial charge in [-0.1, -0.05) is 27.6 Å². The van der Waals surface area contributed by atoms with Crippen molar-refractivity contribution >= 4 is 27.7 Å². The third-order valence-corrected chi connectivity index (χ3v) is 3.52. The van der Waals surface area contributed by atoms with Gasteiger partial charge < -0.3 is 37.2 Å². The second kappa shape index (κ2) is 8.90. The summed E-state index contributed by atoms with van der Waals surface area (Å²) in [7, 11) is 0. The molecule has 0 spiro atoms. The van der Waals surface area contributed by atoms with Gasteiger partial charge in [-0.05, 0) is 12.2 Å². The third-order valence-electron chi connectivity index (χ3n) is 1.63. The zero-order chi connectivity index (χ0) is 7.14. The van der Waals surface area contributed by atoms with Crippen LogP contribution < -0.4 is 37.2 Å². The van der Waals surface area contributed by atoms with E-state index in [9.17, 15) is 0 Å². The van der Waals surface area contributed by atoms with Crippen molar-refractivity contribution in [3.63, 3.8) is 0 Å². The fourth-order valence-corrected chi connectivity index (χ4v) is 2.90. The maximum absolute atomic E-state index is 3.46. The summed E-state index contributed by atoms with van der Waals surface area (Å²) in [6, 6.07) is 0. The summed E-state index contributed by atoms with van der Waals surface area (Å²) >= 11 is 5.20. The molecule has 2 rings (SSSR count). The van der Waals surface area contributed by atoms with Crippen molar-refractivity contribution in [3.05, 3.63) is 33.2 Å². The van der Waals surface area contributed by atoms with Crippen molar-refractivity contribution in [2.45, 2.75) is 12.2 Å². The molecule has 1 atom stereocenters. The normalized spacial score (nSPS) is 21.0. The summed E-state index contributed by atoms with van der Waals surface area (Å²) in [5.41, 5.74) is 2.74. The zero-order valence-electron chi connectivity index (χ0n) is 7.15. The van der Waals surface area contributed by atoms with Gasteiger partial charge in [-0.2, -0.15) is 11.0 Å². The zero-order valence-corrected chi connectivity index (χ0v) is 14.3. The van der Waals surface area contributed by atoms with E-state index in [1.807, 2.05) is 0 Å². The van der Waals surface area contributed by atoms with Gasteiger partial charge in [-0.25, -0.2) is 0 Å². The molecule has 2 aliphatic rings. The summed E-state index contributed by atoms with van der Waals surface area (Å²) in [6.07, 6.45) is 4.48. The topological polar surface area (TPSA) is 0 Å². The van der Waals surface area contributed by atoms with Gasteiger partial charge in [-0.15, -0.1) is 10.6 Å². The molecule has 0 radical (unpaired) electrons. The molecule has 1 aliphatic carbocycles. The van der Waals surface area contributed by atoms with Crippen LogP contribution in [0.25, 0.3) is 0 Å². The van der Waals surface area contributed by atoms with Crippen LogP contribution in [0.15, 0.2) is 27.8 Å². The van der Waals surface area contributed by atoms with Crippen molar-refractivity contribution in [2.75, 3.05) is 0 Å². The monoisotopic (exact) mass is 408 g/mol. The molecule has 0 aromatic carbocycles. The second-order valence-corrected chi connectivity index (χ2v) is 4.21. The second-order valence-electron chi connectivity index (χ2n) is 2.46. The van der Waals surface area contributed by atoms with Crippen LogP contribution in [0.1, 0.15) is 6.92 Å². The Kier molecular flexibility index (Phi) is 13.4. The molecule has 6 heteroatoms. The molecular weight excluding hydrogens is 406 g/mol. The van der Waals surface area contributed by atoms with Crippen LogP contribution in [0.5, 0.6) is 0 Å². The number of thioether (sulfide) groups is 1. The molecule has 0 N–H and O–H groups in total. The van der Waals surface area contributed by atoms with Crippen LogP contribution in [0, 0.1) is 5.41 Å². The van der Waals surface area contributed by atoms with Gasteiger partial charge in [-0.3, -0.25) is 11.8 Å². The maximum atomic E-state index is 3.46. The molecule has 14 heavy (non-hydrogen) atoms. The van der Waals surface area contributed by atoms with E-state index in [1.54, 1.807) is 11.8 Å². The Hall–Kier alpha value is 1.80. The number of fused-ring (bicyclic) bond motifs is 1. The van der Waals surface area contributed by atoms with Crippen LogP contribution in [-0.4, -0.2) is 5.25 Å². The SMILES string of the molecule is CC1=CC2S[C-]=C(Br)C2=C1.[Cl-].[Cl-].[Cl-].[Zr+4]. The minimum atomic E-state index is 0. The van der Waals surface area contributed by atoms with Crippen LogP contribution in [0.4, 0.5) is 0 Å². The maximum Gasteiger partial charge on any atom is 4.00 e. The van der Waals surface area contributed by atoms with E-state index < -0.39 is 0 Å². The first-order valence-corrected chi connectivity index (χ1v) is 4.79. The number of allylic oxidation sites excluding steroid dienone is 3. The van der Waals surface area contributed by atoms with Crippen LogP contribution in [-0.2, 0) is 26.2 Å². The van der Waals surface area contributed by atoms with Gasteiger partial charge in [0.05, 0.1) is 0 Å². The number of rotatable bonds is 0. The molecule has 0 nitrogen and oxygen atoms in total. The predicted molar refractivity (Wildman–Crippen MR) is 48.9 cm³/mol. The molecule has 1 unspecified atom stereocenters. The van der Waals surface area contributed by atoms with Crippen molar-refractivity contribution in [1.29, 1.82) is 0 Å². The van der Waals surface area contributed by atoms with Gasteiger partial charge >= 0.3 is 26.2 Å². The molecule has 0 saturated heterocycles. The summed E-state index contributed by atoms with van der Waals surface area (Å²) in [5, 5.41) is 3.73. The summed E-state index contributed by atoms with van der Waals surface area (Å²) in [4.78, 5) is 0. The van der Waals surface area contributed by atoms with Gasteiger partial charge in [0.25, 0.3) is 0 Å². The van der Waals surface area contributed by atoms with Crippen molar-refractivity contribution in [2.24, 2.45) is 0 Å². The first-order chi connectivity index (χ1) is 4.77. The standard InChI is InChI=1S/C8H6BrS.3ClH.Zr/c1-5-2-6-7(9)4-10-8(6)3-5;;;;/h2-3,8H,1H3;3*1H;/q-1;;;;+4/p-3. The summed E-state index contributed by atoms with van der Waals surface area (Å²) in [6.45, 7) is 2.13. The molecule has 1 aliphatic heterocycles. The average Bonchev–Trinajstić information content (AvgIpc) is 2.35. The summed E-state index contributed by atoms with van der Waals surface area (Å²) < 4.78 is 1.13. The average molecular weight is 412 g/mol. The van der Waals surface area contributed by atoms with Crippen molar-refractivity contribution in [3.8, 4) is 0 Å². The first kappa shape index (κ1) is 21.1. The Balaban J connectivity index is -0.000000302. The fraction of sp³-hybridized carbons (Fsp3) is 0.250. The molecule has 76 valence electrons. The Bertz CT molecular complexity index is 276. The van der Waals surface area contributed by atoms with E-state index in [2.05, 4.69) is 40.4 Å². The van der Waals surface area contributed by atoms with E-state index >= 15 is 0 Å². The van der Waals surface area contributed by atoms with Gasteiger partial charge in [0.15, 0.2) is 0 Å².